The second kappa shape index (κ2) is 8.01. The predicted octanol–water partition coefficient (Wildman–Crippen LogP) is 2.99. The van der Waals surface area contributed by atoms with Crippen molar-refractivity contribution >= 4 is 0 Å². The van der Waals surface area contributed by atoms with Crippen molar-refractivity contribution in [1.82, 2.24) is 10.2 Å². The molecule has 1 aromatic carbocycles. The lowest BCUT2D eigenvalue weighted by Crippen LogP contribution is -2.33. The Labute approximate surface area is 154 Å². The molecule has 2 aliphatic heterocycles. The molecule has 26 heavy (non-hydrogen) atoms. The van der Waals surface area contributed by atoms with Gasteiger partial charge in [-0.15, -0.1) is 0 Å². The smallest absolute Gasteiger partial charge is 0.203 e. The maximum absolute atomic E-state index is 5.72. The van der Waals surface area contributed by atoms with Gasteiger partial charge in [0.1, 0.15) is 19.0 Å². The van der Waals surface area contributed by atoms with Gasteiger partial charge in [-0.05, 0) is 55.8 Å². The molecule has 140 valence electrons. The molecule has 0 saturated carbocycles. The standard InChI is InChI=1S/C20H26N2O4/c1-23-18-11-15(12-19-20(18)26-10-9-25-19)13-21-14-16(17-5-4-8-24-17)22-6-2-3-7-22/h4-5,8,11-12,16,21H,2-3,6-7,9-10,13-14H2,1H3. The Hall–Kier alpha value is -2.18. The number of rotatable bonds is 7. The minimum absolute atomic E-state index is 0.270. The third-order valence-corrected chi connectivity index (χ3v) is 5.01. The summed E-state index contributed by atoms with van der Waals surface area (Å²) in [6, 6.07) is 8.34. The van der Waals surface area contributed by atoms with Crippen LogP contribution in [0, 0.1) is 0 Å². The summed E-state index contributed by atoms with van der Waals surface area (Å²) in [7, 11) is 1.66. The van der Waals surface area contributed by atoms with Crippen LogP contribution in [0.15, 0.2) is 34.9 Å². The third kappa shape index (κ3) is 3.66. The minimum Gasteiger partial charge on any atom is -0.493 e. The highest BCUT2D eigenvalue weighted by atomic mass is 16.6. The van der Waals surface area contributed by atoms with Crippen molar-refractivity contribution in [3.8, 4) is 17.2 Å². The van der Waals surface area contributed by atoms with Crippen LogP contribution in [-0.2, 0) is 6.54 Å². The van der Waals surface area contributed by atoms with Crippen LogP contribution in [0.5, 0.6) is 17.2 Å². The molecule has 0 aliphatic carbocycles. The number of methoxy groups -OCH3 is 1. The average molecular weight is 358 g/mol. The van der Waals surface area contributed by atoms with Gasteiger partial charge in [0.25, 0.3) is 0 Å². The summed E-state index contributed by atoms with van der Waals surface area (Å²) in [6.07, 6.45) is 4.28. The number of likely N-dealkylation sites (tertiary alicyclic amines) is 1. The van der Waals surface area contributed by atoms with Gasteiger partial charge in [0, 0.05) is 13.1 Å². The molecule has 1 aromatic heterocycles. The van der Waals surface area contributed by atoms with E-state index in [2.05, 4.69) is 16.3 Å². The van der Waals surface area contributed by atoms with E-state index in [1.165, 1.54) is 12.8 Å². The molecular weight excluding hydrogens is 332 g/mol. The van der Waals surface area contributed by atoms with E-state index in [9.17, 15) is 0 Å². The van der Waals surface area contributed by atoms with E-state index in [-0.39, 0.29) is 6.04 Å². The summed E-state index contributed by atoms with van der Waals surface area (Å²) in [4.78, 5) is 2.50. The molecule has 1 atom stereocenters. The Morgan fingerprint density at radius 2 is 2.04 bits per heavy atom. The van der Waals surface area contributed by atoms with E-state index in [0.717, 1.165) is 49.0 Å². The molecule has 2 aliphatic rings. The summed E-state index contributed by atoms with van der Waals surface area (Å²) in [5.41, 5.74) is 1.12. The number of hydrogen-bond donors (Lipinski definition) is 1. The van der Waals surface area contributed by atoms with Crippen LogP contribution < -0.4 is 19.5 Å². The first-order chi connectivity index (χ1) is 12.8. The number of benzene rings is 1. The van der Waals surface area contributed by atoms with E-state index in [1.54, 1.807) is 13.4 Å². The van der Waals surface area contributed by atoms with Crippen molar-refractivity contribution in [2.45, 2.75) is 25.4 Å². The summed E-state index contributed by atoms with van der Waals surface area (Å²) < 4.78 is 22.5. The number of ether oxygens (including phenoxy) is 3. The van der Waals surface area contributed by atoms with Crippen molar-refractivity contribution in [2.24, 2.45) is 0 Å². The molecule has 0 amide bonds. The Morgan fingerprint density at radius 1 is 1.19 bits per heavy atom. The molecule has 6 heteroatoms. The fraction of sp³-hybridized carbons (Fsp3) is 0.500. The number of hydrogen-bond acceptors (Lipinski definition) is 6. The lowest BCUT2D eigenvalue weighted by Gasteiger charge is -2.26. The molecule has 0 spiro atoms. The van der Waals surface area contributed by atoms with E-state index in [0.29, 0.717) is 19.0 Å². The van der Waals surface area contributed by atoms with Crippen molar-refractivity contribution < 1.29 is 18.6 Å². The van der Waals surface area contributed by atoms with Gasteiger partial charge in [-0.2, -0.15) is 0 Å². The van der Waals surface area contributed by atoms with Gasteiger partial charge in [0.05, 0.1) is 19.4 Å². The molecule has 0 bridgehead atoms. The van der Waals surface area contributed by atoms with Crippen LogP contribution >= 0.6 is 0 Å². The normalized spacial score (nSPS) is 18.0. The lowest BCUT2D eigenvalue weighted by molar-refractivity contribution is 0.165. The van der Waals surface area contributed by atoms with Gasteiger partial charge in [-0.25, -0.2) is 0 Å². The zero-order valence-corrected chi connectivity index (χ0v) is 15.2. The monoisotopic (exact) mass is 358 g/mol. The number of nitrogens with one attached hydrogen (secondary N) is 1. The Morgan fingerprint density at radius 3 is 2.81 bits per heavy atom. The van der Waals surface area contributed by atoms with Crippen LogP contribution in [0.25, 0.3) is 0 Å². The second-order valence-electron chi connectivity index (χ2n) is 6.73. The number of fused-ring (bicyclic) bond motifs is 1. The zero-order chi connectivity index (χ0) is 17.8. The van der Waals surface area contributed by atoms with Gasteiger partial charge in [0.15, 0.2) is 11.5 Å². The highest BCUT2D eigenvalue weighted by Crippen LogP contribution is 2.40. The number of nitrogens with zero attached hydrogens (tertiary/aromatic N) is 1. The predicted molar refractivity (Wildman–Crippen MR) is 97.9 cm³/mol. The molecular formula is C20H26N2O4. The van der Waals surface area contributed by atoms with E-state index in [4.69, 9.17) is 18.6 Å². The highest BCUT2D eigenvalue weighted by molar-refractivity contribution is 5.54. The lowest BCUT2D eigenvalue weighted by atomic mass is 10.1. The molecule has 1 saturated heterocycles. The van der Waals surface area contributed by atoms with Gasteiger partial charge in [-0.1, -0.05) is 0 Å². The summed E-state index contributed by atoms with van der Waals surface area (Å²) >= 11 is 0. The molecule has 3 heterocycles. The zero-order valence-electron chi connectivity index (χ0n) is 15.2. The van der Waals surface area contributed by atoms with E-state index in [1.807, 2.05) is 18.2 Å². The van der Waals surface area contributed by atoms with Gasteiger partial charge in [-0.3, -0.25) is 4.90 Å². The first kappa shape index (κ1) is 17.2. The molecule has 4 rings (SSSR count). The van der Waals surface area contributed by atoms with Crippen LogP contribution in [-0.4, -0.2) is 44.9 Å². The van der Waals surface area contributed by atoms with Crippen LogP contribution in [0.2, 0.25) is 0 Å². The molecule has 1 N–H and O–H groups in total. The first-order valence-electron chi connectivity index (χ1n) is 9.30. The minimum atomic E-state index is 0.270. The Kier molecular flexibility index (Phi) is 5.32. The topological polar surface area (TPSA) is 56.1 Å². The van der Waals surface area contributed by atoms with Crippen LogP contribution in [0.4, 0.5) is 0 Å². The van der Waals surface area contributed by atoms with Crippen molar-refractivity contribution in [3.05, 3.63) is 41.9 Å². The average Bonchev–Trinajstić information content (AvgIpc) is 3.38. The van der Waals surface area contributed by atoms with Crippen LogP contribution in [0.3, 0.4) is 0 Å². The maximum Gasteiger partial charge on any atom is 0.203 e. The molecule has 1 unspecified atom stereocenters. The largest absolute Gasteiger partial charge is 0.493 e. The highest BCUT2D eigenvalue weighted by Gasteiger charge is 2.25. The van der Waals surface area contributed by atoms with E-state index < -0.39 is 0 Å². The summed E-state index contributed by atoms with van der Waals surface area (Å²) in [6.45, 7) is 4.96. The van der Waals surface area contributed by atoms with Crippen molar-refractivity contribution in [2.75, 3.05) is 40.0 Å². The molecule has 1 fully saturated rings. The maximum atomic E-state index is 5.72. The number of furan rings is 1. The first-order valence-corrected chi connectivity index (χ1v) is 9.30. The second-order valence-corrected chi connectivity index (χ2v) is 6.73. The summed E-state index contributed by atoms with van der Waals surface area (Å²) in [5, 5.41) is 3.57. The van der Waals surface area contributed by atoms with Crippen molar-refractivity contribution in [3.63, 3.8) is 0 Å². The molecule has 0 radical (unpaired) electrons. The van der Waals surface area contributed by atoms with Gasteiger partial charge in [0.2, 0.25) is 5.75 Å². The Bertz CT molecular complexity index is 694. The fourth-order valence-corrected chi connectivity index (χ4v) is 3.73. The Balaban J connectivity index is 1.43. The summed E-state index contributed by atoms with van der Waals surface area (Å²) in [5.74, 6) is 3.21. The molecule has 6 nitrogen and oxygen atoms in total. The molecule has 2 aromatic rings. The van der Waals surface area contributed by atoms with Gasteiger partial charge >= 0.3 is 0 Å². The third-order valence-electron chi connectivity index (χ3n) is 5.01. The van der Waals surface area contributed by atoms with E-state index >= 15 is 0 Å². The fourth-order valence-electron chi connectivity index (χ4n) is 3.73. The van der Waals surface area contributed by atoms with Crippen molar-refractivity contribution in [1.29, 1.82) is 0 Å². The SMILES string of the molecule is COc1cc(CNCC(c2ccco2)N2CCCC2)cc2c1OCCO2. The van der Waals surface area contributed by atoms with Crippen LogP contribution in [0.1, 0.15) is 30.2 Å². The van der Waals surface area contributed by atoms with Gasteiger partial charge < -0.3 is 23.9 Å². The quantitative estimate of drug-likeness (QED) is 0.821.